The molecular formula is C18H14F3NO3S. The Balaban J connectivity index is 1.81. The number of thiophene rings is 1. The second kappa shape index (κ2) is 6.97. The Morgan fingerprint density at radius 1 is 1.15 bits per heavy atom. The summed E-state index contributed by atoms with van der Waals surface area (Å²) in [6.07, 6.45) is -3.15. The molecule has 136 valence electrons. The van der Waals surface area contributed by atoms with Gasteiger partial charge in [-0.25, -0.2) is 0 Å². The summed E-state index contributed by atoms with van der Waals surface area (Å²) in [6, 6.07) is 8.95. The Kier molecular flexibility index (Phi) is 4.88. The highest BCUT2D eigenvalue weighted by Crippen LogP contribution is 2.32. The number of halogens is 3. The minimum Gasteiger partial charge on any atom is -0.466 e. The molecule has 2 heterocycles. The first-order valence-electron chi connectivity index (χ1n) is 7.55. The van der Waals surface area contributed by atoms with Crippen molar-refractivity contribution >= 4 is 17.2 Å². The zero-order chi connectivity index (χ0) is 18.8. The molecule has 0 aliphatic heterocycles. The number of rotatable bonds is 5. The van der Waals surface area contributed by atoms with E-state index in [4.69, 9.17) is 4.42 Å². The molecule has 0 bridgehead atoms. The van der Waals surface area contributed by atoms with Crippen LogP contribution in [0, 0.1) is 0 Å². The number of carbonyl (C=O) groups is 1. The van der Waals surface area contributed by atoms with Gasteiger partial charge < -0.3 is 14.8 Å². The largest absolute Gasteiger partial charge is 0.466 e. The summed E-state index contributed by atoms with van der Waals surface area (Å²) in [5.41, 5.74) is -2.17. The lowest BCUT2D eigenvalue weighted by Crippen LogP contribution is -2.41. The van der Waals surface area contributed by atoms with Crippen molar-refractivity contribution < 1.29 is 27.5 Å². The van der Waals surface area contributed by atoms with Gasteiger partial charge in [-0.2, -0.15) is 24.5 Å². The van der Waals surface area contributed by atoms with Gasteiger partial charge in [0.2, 0.25) is 0 Å². The maximum absolute atomic E-state index is 12.8. The van der Waals surface area contributed by atoms with E-state index in [1.165, 1.54) is 23.7 Å². The molecule has 2 aromatic heterocycles. The fourth-order valence-electron chi connectivity index (χ4n) is 2.49. The van der Waals surface area contributed by atoms with Gasteiger partial charge >= 0.3 is 6.18 Å². The quantitative estimate of drug-likeness (QED) is 0.702. The third-order valence-electron chi connectivity index (χ3n) is 3.88. The van der Waals surface area contributed by atoms with Gasteiger partial charge in [0.05, 0.1) is 18.4 Å². The smallest absolute Gasteiger partial charge is 0.416 e. The standard InChI is InChI=1S/C18H14F3NO3S/c19-18(20,21)13-4-1-3-12(9-13)16(23)22-11-17(24,14-6-8-26-10-14)15-5-2-7-25-15/h1-10,24H,11H2,(H,22,23)/t17-/m1/s1. The number of amides is 1. The Hall–Kier alpha value is -2.58. The maximum Gasteiger partial charge on any atom is 0.416 e. The first-order valence-corrected chi connectivity index (χ1v) is 8.49. The summed E-state index contributed by atoms with van der Waals surface area (Å²) in [5.74, 6) is -0.503. The third kappa shape index (κ3) is 3.66. The van der Waals surface area contributed by atoms with Gasteiger partial charge in [0.25, 0.3) is 5.91 Å². The van der Waals surface area contributed by atoms with Gasteiger partial charge in [-0.3, -0.25) is 4.79 Å². The molecule has 26 heavy (non-hydrogen) atoms. The highest BCUT2D eigenvalue weighted by Gasteiger charge is 2.36. The third-order valence-corrected chi connectivity index (χ3v) is 4.57. The van der Waals surface area contributed by atoms with Gasteiger partial charge in [0.1, 0.15) is 5.76 Å². The molecule has 1 aromatic carbocycles. The van der Waals surface area contributed by atoms with Gasteiger partial charge in [0.15, 0.2) is 5.60 Å². The predicted molar refractivity (Wildman–Crippen MR) is 89.8 cm³/mol. The number of carbonyl (C=O) groups excluding carboxylic acids is 1. The molecule has 4 nitrogen and oxygen atoms in total. The van der Waals surface area contributed by atoms with Crippen molar-refractivity contribution in [3.63, 3.8) is 0 Å². The van der Waals surface area contributed by atoms with Crippen LogP contribution in [0.25, 0.3) is 0 Å². The highest BCUT2D eigenvalue weighted by atomic mass is 32.1. The van der Waals surface area contributed by atoms with Crippen LogP contribution in [0.5, 0.6) is 0 Å². The summed E-state index contributed by atoms with van der Waals surface area (Å²) in [7, 11) is 0. The van der Waals surface area contributed by atoms with Crippen LogP contribution in [-0.4, -0.2) is 17.6 Å². The average molecular weight is 381 g/mol. The van der Waals surface area contributed by atoms with Gasteiger partial charge in [-0.1, -0.05) is 6.07 Å². The zero-order valence-corrected chi connectivity index (χ0v) is 14.1. The first kappa shape index (κ1) is 18.2. The summed E-state index contributed by atoms with van der Waals surface area (Å²) in [5, 5.41) is 17.0. The lowest BCUT2D eigenvalue weighted by Gasteiger charge is -2.25. The molecule has 1 amide bonds. The number of hydrogen-bond donors (Lipinski definition) is 2. The average Bonchev–Trinajstić information content (AvgIpc) is 3.32. The van der Waals surface area contributed by atoms with Crippen molar-refractivity contribution in [2.24, 2.45) is 0 Å². The molecule has 0 saturated heterocycles. The molecule has 0 saturated carbocycles. The molecule has 0 unspecified atom stereocenters. The number of hydrogen-bond acceptors (Lipinski definition) is 4. The fourth-order valence-corrected chi connectivity index (χ4v) is 3.22. The maximum atomic E-state index is 12.8. The summed E-state index contributed by atoms with van der Waals surface area (Å²) >= 11 is 1.36. The monoisotopic (exact) mass is 381 g/mol. The molecule has 0 aliphatic rings. The number of alkyl halides is 3. The van der Waals surface area contributed by atoms with E-state index < -0.39 is 23.2 Å². The van der Waals surface area contributed by atoms with E-state index in [0.717, 1.165) is 18.2 Å². The SMILES string of the molecule is O=C(NC[C@@](O)(c1ccsc1)c1ccco1)c1cccc(C(F)(F)F)c1. The van der Waals surface area contributed by atoms with E-state index >= 15 is 0 Å². The van der Waals surface area contributed by atoms with Gasteiger partial charge in [-0.15, -0.1) is 0 Å². The van der Waals surface area contributed by atoms with Crippen LogP contribution in [-0.2, 0) is 11.8 Å². The van der Waals surface area contributed by atoms with Crippen molar-refractivity contribution in [2.75, 3.05) is 6.54 Å². The van der Waals surface area contributed by atoms with E-state index in [0.29, 0.717) is 5.56 Å². The molecule has 1 atom stereocenters. The molecule has 8 heteroatoms. The van der Waals surface area contributed by atoms with Crippen LogP contribution in [0.4, 0.5) is 13.2 Å². The van der Waals surface area contributed by atoms with Crippen LogP contribution in [0.15, 0.2) is 63.9 Å². The van der Waals surface area contributed by atoms with E-state index in [1.807, 2.05) is 0 Å². The molecule has 2 N–H and O–H groups in total. The fraction of sp³-hybridized carbons (Fsp3) is 0.167. The Labute approximate surface area is 150 Å². The van der Waals surface area contributed by atoms with E-state index in [1.54, 1.807) is 29.0 Å². The molecular weight excluding hydrogens is 367 g/mol. The molecule has 0 spiro atoms. The van der Waals surface area contributed by atoms with Crippen LogP contribution >= 0.6 is 11.3 Å². The summed E-state index contributed by atoms with van der Waals surface area (Å²) in [6.45, 7) is -0.258. The molecule has 0 fully saturated rings. The highest BCUT2D eigenvalue weighted by molar-refractivity contribution is 7.08. The number of benzene rings is 1. The van der Waals surface area contributed by atoms with Crippen molar-refractivity contribution in [1.82, 2.24) is 5.32 Å². The Morgan fingerprint density at radius 3 is 2.58 bits per heavy atom. The number of furan rings is 1. The van der Waals surface area contributed by atoms with Crippen LogP contribution in [0.3, 0.4) is 0 Å². The summed E-state index contributed by atoms with van der Waals surface area (Å²) < 4.78 is 43.7. The summed E-state index contributed by atoms with van der Waals surface area (Å²) in [4.78, 5) is 12.3. The van der Waals surface area contributed by atoms with E-state index in [-0.39, 0.29) is 17.9 Å². The molecule has 0 aliphatic carbocycles. The molecule has 3 aromatic rings. The van der Waals surface area contributed by atoms with E-state index in [2.05, 4.69) is 5.32 Å². The normalized spacial score (nSPS) is 14.0. The van der Waals surface area contributed by atoms with Gasteiger partial charge in [-0.05, 0) is 47.2 Å². The lowest BCUT2D eigenvalue weighted by atomic mass is 9.93. The zero-order valence-electron chi connectivity index (χ0n) is 13.3. The van der Waals surface area contributed by atoms with E-state index in [9.17, 15) is 23.1 Å². The molecule has 0 radical (unpaired) electrons. The van der Waals surface area contributed by atoms with Crippen molar-refractivity contribution in [3.8, 4) is 0 Å². The first-order chi connectivity index (χ1) is 12.3. The van der Waals surface area contributed by atoms with Crippen LogP contribution in [0.1, 0.15) is 27.2 Å². The topological polar surface area (TPSA) is 62.5 Å². The van der Waals surface area contributed by atoms with Crippen molar-refractivity contribution in [1.29, 1.82) is 0 Å². The molecule has 3 rings (SSSR count). The number of aliphatic hydroxyl groups is 1. The van der Waals surface area contributed by atoms with Crippen LogP contribution < -0.4 is 5.32 Å². The minimum absolute atomic E-state index is 0.146. The predicted octanol–water partition coefficient (Wildman–Crippen LogP) is 4.03. The van der Waals surface area contributed by atoms with Crippen molar-refractivity contribution in [3.05, 3.63) is 81.9 Å². The van der Waals surface area contributed by atoms with Gasteiger partial charge in [0, 0.05) is 11.1 Å². The Bertz CT molecular complexity index is 839. The lowest BCUT2D eigenvalue weighted by molar-refractivity contribution is -0.137. The second-order valence-corrected chi connectivity index (χ2v) is 6.39. The number of nitrogens with one attached hydrogen (secondary N) is 1. The van der Waals surface area contributed by atoms with Crippen molar-refractivity contribution in [2.45, 2.75) is 11.8 Å². The second-order valence-electron chi connectivity index (χ2n) is 5.61. The van der Waals surface area contributed by atoms with Crippen LogP contribution in [0.2, 0.25) is 0 Å². The minimum atomic E-state index is -4.54. The Morgan fingerprint density at radius 2 is 1.96 bits per heavy atom.